The fourth-order valence-corrected chi connectivity index (χ4v) is 2.10. The summed E-state index contributed by atoms with van der Waals surface area (Å²) in [6.07, 6.45) is -1.51. The van der Waals surface area contributed by atoms with Crippen LogP contribution in [0.25, 0.3) is 5.69 Å². The Morgan fingerprint density at radius 1 is 1.19 bits per heavy atom. The van der Waals surface area contributed by atoms with Gasteiger partial charge in [-0.2, -0.15) is 13.2 Å². The normalized spacial score (nSPS) is 11.9. The SMILES string of the molecule is CCCCc1ccc(-n2nnc(CN)c2C(F)(F)F)cc1. The Bertz CT molecular complexity index is 587. The van der Waals surface area contributed by atoms with E-state index in [0.29, 0.717) is 5.69 Å². The number of nitrogens with zero attached hydrogens (tertiary/aromatic N) is 3. The molecule has 0 bridgehead atoms. The number of hydrogen-bond donors (Lipinski definition) is 1. The van der Waals surface area contributed by atoms with Gasteiger partial charge in [-0.1, -0.05) is 30.7 Å². The van der Waals surface area contributed by atoms with Crippen molar-refractivity contribution in [3.63, 3.8) is 0 Å². The van der Waals surface area contributed by atoms with Crippen LogP contribution in [0.4, 0.5) is 13.2 Å². The Kier molecular flexibility index (Phi) is 4.62. The minimum absolute atomic E-state index is 0.252. The van der Waals surface area contributed by atoms with Crippen molar-refractivity contribution in [2.45, 2.75) is 38.9 Å². The molecule has 21 heavy (non-hydrogen) atoms. The van der Waals surface area contributed by atoms with E-state index in [1.54, 1.807) is 12.1 Å². The first kappa shape index (κ1) is 15.5. The third kappa shape index (κ3) is 3.41. The molecule has 7 heteroatoms. The van der Waals surface area contributed by atoms with Crippen molar-refractivity contribution in [1.29, 1.82) is 0 Å². The van der Waals surface area contributed by atoms with E-state index in [4.69, 9.17) is 5.73 Å². The van der Waals surface area contributed by atoms with Crippen LogP contribution in [-0.2, 0) is 19.1 Å². The first-order valence-corrected chi connectivity index (χ1v) is 6.78. The standard InChI is InChI=1S/C14H17F3N4/c1-2-3-4-10-5-7-11(8-6-10)21-13(14(15,16)17)12(9-18)19-20-21/h5-8H,2-4,9,18H2,1H3. The maximum absolute atomic E-state index is 13.1. The van der Waals surface area contributed by atoms with Crippen molar-refractivity contribution >= 4 is 0 Å². The Morgan fingerprint density at radius 3 is 2.38 bits per heavy atom. The minimum Gasteiger partial charge on any atom is -0.325 e. The van der Waals surface area contributed by atoms with Gasteiger partial charge in [-0.25, -0.2) is 4.68 Å². The van der Waals surface area contributed by atoms with Gasteiger partial charge in [0.15, 0.2) is 5.69 Å². The summed E-state index contributed by atoms with van der Waals surface area (Å²) in [5, 5.41) is 7.10. The van der Waals surface area contributed by atoms with E-state index in [0.717, 1.165) is 29.5 Å². The molecular formula is C14H17F3N4. The van der Waals surface area contributed by atoms with Crippen LogP contribution < -0.4 is 5.73 Å². The summed E-state index contributed by atoms with van der Waals surface area (Å²) >= 11 is 0. The number of aromatic nitrogens is 3. The highest BCUT2D eigenvalue weighted by Gasteiger charge is 2.39. The van der Waals surface area contributed by atoms with Crippen molar-refractivity contribution in [2.24, 2.45) is 5.73 Å². The highest BCUT2D eigenvalue weighted by molar-refractivity contribution is 5.36. The van der Waals surface area contributed by atoms with Crippen LogP contribution in [0.2, 0.25) is 0 Å². The average molecular weight is 298 g/mol. The van der Waals surface area contributed by atoms with Crippen LogP contribution in [0.5, 0.6) is 0 Å². The molecule has 0 radical (unpaired) electrons. The van der Waals surface area contributed by atoms with Gasteiger partial charge in [0.1, 0.15) is 5.69 Å². The van der Waals surface area contributed by atoms with E-state index in [1.165, 1.54) is 0 Å². The second kappa shape index (κ2) is 6.26. The predicted octanol–water partition coefficient (Wildman–Crippen LogP) is 3.09. The number of unbranched alkanes of at least 4 members (excludes halogenated alkanes) is 1. The lowest BCUT2D eigenvalue weighted by atomic mass is 10.1. The second-order valence-corrected chi connectivity index (χ2v) is 4.77. The molecule has 0 aliphatic rings. The zero-order chi connectivity index (χ0) is 15.5. The smallest absolute Gasteiger partial charge is 0.325 e. The van der Waals surface area contributed by atoms with Gasteiger partial charge >= 0.3 is 6.18 Å². The van der Waals surface area contributed by atoms with Gasteiger partial charge in [-0.05, 0) is 30.5 Å². The lowest BCUT2D eigenvalue weighted by Crippen LogP contribution is -2.16. The van der Waals surface area contributed by atoms with Crippen molar-refractivity contribution in [1.82, 2.24) is 15.0 Å². The number of benzene rings is 1. The van der Waals surface area contributed by atoms with Gasteiger partial charge in [-0.3, -0.25) is 0 Å². The summed E-state index contributed by atoms with van der Waals surface area (Å²) < 4.78 is 40.1. The second-order valence-electron chi connectivity index (χ2n) is 4.77. The number of halogens is 3. The monoisotopic (exact) mass is 298 g/mol. The van der Waals surface area contributed by atoms with Crippen LogP contribution in [0.15, 0.2) is 24.3 Å². The summed E-state index contributed by atoms with van der Waals surface area (Å²) in [6.45, 7) is 1.79. The van der Waals surface area contributed by atoms with Crippen molar-refractivity contribution < 1.29 is 13.2 Å². The summed E-state index contributed by atoms with van der Waals surface area (Å²) in [5.74, 6) is 0. The van der Waals surface area contributed by atoms with Crippen molar-refractivity contribution in [3.8, 4) is 5.69 Å². The van der Waals surface area contributed by atoms with E-state index in [9.17, 15) is 13.2 Å². The van der Waals surface area contributed by atoms with E-state index >= 15 is 0 Å². The van der Waals surface area contributed by atoms with E-state index in [-0.39, 0.29) is 12.2 Å². The zero-order valence-electron chi connectivity index (χ0n) is 11.7. The van der Waals surface area contributed by atoms with Crippen LogP contribution in [0.1, 0.15) is 36.7 Å². The molecule has 0 saturated carbocycles. The molecule has 1 aromatic heterocycles. The molecule has 2 aromatic rings. The Morgan fingerprint density at radius 2 is 1.86 bits per heavy atom. The number of hydrogen-bond acceptors (Lipinski definition) is 3. The lowest BCUT2D eigenvalue weighted by molar-refractivity contribution is -0.143. The molecule has 0 aliphatic heterocycles. The molecule has 0 spiro atoms. The molecule has 0 aliphatic carbocycles. The number of alkyl halides is 3. The zero-order valence-corrected chi connectivity index (χ0v) is 11.7. The summed E-state index contributed by atoms with van der Waals surface area (Å²) in [4.78, 5) is 0. The first-order valence-electron chi connectivity index (χ1n) is 6.78. The van der Waals surface area contributed by atoms with Crippen LogP contribution >= 0.6 is 0 Å². The van der Waals surface area contributed by atoms with Gasteiger partial charge in [0.2, 0.25) is 0 Å². The van der Waals surface area contributed by atoms with Crippen LogP contribution in [0.3, 0.4) is 0 Å². The summed E-state index contributed by atoms with van der Waals surface area (Å²) in [7, 11) is 0. The molecule has 1 heterocycles. The average Bonchev–Trinajstić information content (AvgIpc) is 2.89. The van der Waals surface area contributed by atoms with Gasteiger partial charge < -0.3 is 5.73 Å². The Hall–Kier alpha value is -1.89. The molecule has 0 atom stereocenters. The van der Waals surface area contributed by atoms with Crippen LogP contribution in [-0.4, -0.2) is 15.0 Å². The van der Waals surface area contributed by atoms with Gasteiger partial charge in [0.25, 0.3) is 0 Å². The summed E-state index contributed by atoms with van der Waals surface area (Å²) in [5.41, 5.74) is 5.56. The van der Waals surface area contributed by atoms with Crippen LogP contribution in [0, 0.1) is 0 Å². The highest BCUT2D eigenvalue weighted by atomic mass is 19.4. The Balaban J connectivity index is 2.36. The Labute approximate surface area is 120 Å². The lowest BCUT2D eigenvalue weighted by Gasteiger charge is -2.11. The fraction of sp³-hybridized carbons (Fsp3) is 0.429. The molecule has 0 amide bonds. The fourth-order valence-electron chi connectivity index (χ4n) is 2.10. The van der Waals surface area contributed by atoms with Gasteiger partial charge in [0, 0.05) is 6.54 Å². The van der Waals surface area contributed by atoms with Crippen molar-refractivity contribution in [3.05, 3.63) is 41.2 Å². The molecule has 114 valence electrons. The number of rotatable bonds is 5. The third-order valence-electron chi connectivity index (χ3n) is 3.20. The molecular weight excluding hydrogens is 281 g/mol. The molecule has 0 saturated heterocycles. The summed E-state index contributed by atoms with van der Waals surface area (Å²) in [6, 6.07) is 6.87. The maximum Gasteiger partial charge on any atom is 0.435 e. The first-order chi connectivity index (χ1) is 9.97. The van der Waals surface area contributed by atoms with Crippen molar-refractivity contribution in [2.75, 3.05) is 0 Å². The largest absolute Gasteiger partial charge is 0.435 e. The maximum atomic E-state index is 13.1. The van der Waals surface area contributed by atoms with E-state index in [1.807, 2.05) is 12.1 Å². The molecule has 4 nitrogen and oxygen atoms in total. The quantitative estimate of drug-likeness (QED) is 0.923. The van der Waals surface area contributed by atoms with Gasteiger partial charge in [0.05, 0.1) is 5.69 Å². The number of aryl methyl sites for hydroxylation is 1. The minimum atomic E-state index is -4.54. The molecule has 2 rings (SSSR count). The predicted molar refractivity (Wildman–Crippen MR) is 72.9 cm³/mol. The highest BCUT2D eigenvalue weighted by Crippen LogP contribution is 2.32. The topological polar surface area (TPSA) is 56.7 Å². The molecule has 1 aromatic carbocycles. The third-order valence-corrected chi connectivity index (χ3v) is 3.20. The molecule has 0 fully saturated rings. The molecule has 0 unspecified atom stereocenters. The molecule has 2 N–H and O–H groups in total. The van der Waals surface area contributed by atoms with Gasteiger partial charge in [-0.15, -0.1) is 5.10 Å². The number of nitrogens with two attached hydrogens (primary N) is 1. The van der Waals surface area contributed by atoms with E-state index < -0.39 is 11.9 Å². The van der Waals surface area contributed by atoms with E-state index in [2.05, 4.69) is 17.2 Å².